The molecule has 0 spiro atoms. The SMILES string of the molecule is Nc1cc(OCC(F)(F)F)ccc1[N+](=O)[O-]. The van der Waals surface area contributed by atoms with Gasteiger partial charge in [0.2, 0.25) is 0 Å². The van der Waals surface area contributed by atoms with Crippen LogP contribution < -0.4 is 10.5 Å². The quantitative estimate of drug-likeness (QED) is 0.495. The maximum atomic E-state index is 11.8. The van der Waals surface area contributed by atoms with E-state index in [0.717, 1.165) is 18.2 Å². The van der Waals surface area contributed by atoms with Gasteiger partial charge in [-0.1, -0.05) is 0 Å². The molecule has 5 nitrogen and oxygen atoms in total. The largest absolute Gasteiger partial charge is 0.484 e. The number of benzene rings is 1. The van der Waals surface area contributed by atoms with E-state index in [-0.39, 0.29) is 17.1 Å². The molecule has 0 amide bonds. The normalized spacial score (nSPS) is 11.2. The summed E-state index contributed by atoms with van der Waals surface area (Å²) in [5.74, 6) is -0.166. The van der Waals surface area contributed by atoms with Gasteiger partial charge in [0.15, 0.2) is 6.61 Å². The molecule has 0 saturated carbocycles. The lowest BCUT2D eigenvalue weighted by molar-refractivity contribution is -0.383. The summed E-state index contributed by atoms with van der Waals surface area (Å²) in [7, 11) is 0. The standard InChI is InChI=1S/C8H7F3N2O3/c9-8(10,11)4-16-5-1-2-7(13(14)15)6(12)3-5/h1-3H,4,12H2. The molecule has 2 N–H and O–H groups in total. The highest BCUT2D eigenvalue weighted by Gasteiger charge is 2.28. The van der Waals surface area contributed by atoms with E-state index in [2.05, 4.69) is 4.74 Å². The van der Waals surface area contributed by atoms with Crippen molar-refractivity contribution in [3.63, 3.8) is 0 Å². The predicted molar refractivity (Wildman–Crippen MR) is 49.1 cm³/mol. The van der Waals surface area contributed by atoms with Crippen LogP contribution in [0.25, 0.3) is 0 Å². The zero-order valence-electron chi connectivity index (χ0n) is 7.82. The van der Waals surface area contributed by atoms with Crippen molar-refractivity contribution in [2.45, 2.75) is 6.18 Å². The molecule has 8 heteroatoms. The van der Waals surface area contributed by atoms with E-state index >= 15 is 0 Å². The molecule has 0 aliphatic heterocycles. The number of nitrogens with two attached hydrogens (primary N) is 1. The minimum absolute atomic E-state index is 0.166. The fraction of sp³-hybridized carbons (Fsp3) is 0.250. The highest BCUT2D eigenvalue weighted by atomic mass is 19.4. The summed E-state index contributed by atoms with van der Waals surface area (Å²) >= 11 is 0. The van der Waals surface area contributed by atoms with Crippen LogP contribution in [-0.2, 0) is 0 Å². The number of nitro benzene ring substituents is 1. The number of hydrogen-bond acceptors (Lipinski definition) is 4. The van der Waals surface area contributed by atoms with Crippen LogP contribution in [0.4, 0.5) is 24.5 Å². The van der Waals surface area contributed by atoms with Gasteiger partial charge >= 0.3 is 6.18 Å². The molecule has 0 unspecified atom stereocenters. The van der Waals surface area contributed by atoms with E-state index in [1.165, 1.54) is 0 Å². The number of nitro groups is 1. The monoisotopic (exact) mass is 236 g/mol. The van der Waals surface area contributed by atoms with Crippen LogP contribution in [0.3, 0.4) is 0 Å². The molecule has 1 rings (SSSR count). The van der Waals surface area contributed by atoms with Gasteiger partial charge in [0.25, 0.3) is 5.69 Å². The maximum Gasteiger partial charge on any atom is 0.422 e. The third kappa shape index (κ3) is 3.30. The van der Waals surface area contributed by atoms with Crippen LogP contribution in [0.15, 0.2) is 18.2 Å². The number of rotatable bonds is 3. The summed E-state index contributed by atoms with van der Waals surface area (Å²) in [6.07, 6.45) is -4.46. The predicted octanol–water partition coefficient (Wildman–Crippen LogP) is 2.12. The Hall–Kier alpha value is -1.99. The summed E-state index contributed by atoms with van der Waals surface area (Å²) in [5, 5.41) is 10.4. The van der Waals surface area contributed by atoms with Crippen molar-refractivity contribution in [3.05, 3.63) is 28.3 Å². The lowest BCUT2D eigenvalue weighted by Gasteiger charge is -2.09. The lowest BCUT2D eigenvalue weighted by Crippen LogP contribution is -2.19. The number of hydrogen-bond donors (Lipinski definition) is 1. The summed E-state index contributed by atoms with van der Waals surface area (Å²) in [5.41, 5.74) is 4.64. The first-order valence-corrected chi connectivity index (χ1v) is 4.03. The smallest absolute Gasteiger partial charge is 0.422 e. The van der Waals surface area contributed by atoms with E-state index < -0.39 is 17.7 Å². The van der Waals surface area contributed by atoms with Crippen molar-refractivity contribution in [1.29, 1.82) is 0 Å². The van der Waals surface area contributed by atoms with E-state index in [1.54, 1.807) is 0 Å². The lowest BCUT2D eigenvalue weighted by atomic mass is 10.2. The highest BCUT2D eigenvalue weighted by molar-refractivity contribution is 5.60. The van der Waals surface area contributed by atoms with Crippen molar-refractivity contribution in [3.8, 4) is 5.75 Å². The van der Waals surface area contributed by atoms with Crippen LogP contribution in [0.1, 0.15) is 0 Å². The Morgan fingerprint density at radius 3 is 2.50 bits per heavy atom. The Labute approximate surface area is 87.8 Å². The molecule has 16 heavy (non-hydrogen) atoms. The number of ether oxygens (including phenoxy) is 1. The second-order valence-corrected chi connectivity index (χ2v) is 2.88. The van der Waals surface area contributed by atoms with Gasteiger partial charge in [-0.2, -0.15) is 13.2 Å². The van der Waals surface area contributed by atoms with Crippen molar-refractivity contribution in [2.75, 3.05) is 12.3 Å². The Morgan fingerprint density at radius 2 is 2.06 bits per heavy atom. The molecule has 0 fully saturated rings. The molecular formula is C8H7F3N2O3. The number of nitrogens with zero attached hydrogens (tertiary/aromatic N) is 1. The van der Waals surface area contributed by atoms with Gasteiger partial charge in [0.05, 0.1) is 4.92 Å². The molecule has 1 aromatic carbocycles. The Bertz CT molecular complexity index is 406. The fourth-order valence-electron chi connectivity index (χ4n) is 0.954. The first-order chi connectivity index (χ1) is 7.29. The van der Waals surface area contributed by atoms with Crippen molar-refractivity contribution in [2.24, 2.45) is 0 Å². The van der Waals surface area contributed by atoms with Crippen molar-refractivity contribution in [1.82, 2.24) is 0 Å². The minimum Gasteiger partial charge on any atom is -0.484 e. The van der Waals surface area contributed by atoms with E-state index in [0.29, 0.717) is 0 Å². The first kappa shape index (κ1) is 12.1. The molecular weight excluding hydrogens is 229 g/mol. The second-order valence-electron chi connectivity index (χ2n) is 2.88. The molecule has 0 bridgehead atoms. The summed E-state index contributed by atoms with van der Waals surface area (Å²) < 4.78 is 39.7. The summed E-state index contributed by atoms with van der Waals surface area (Å²) in [6.45, 7) is -1.47. The van der Waals surface area contributed by atoms with Gasteiger partial charge < -0.3 is 10.5 Å². The maximum absolute atomic E-state index is 11.8. The van der Waals surface area contributed by atoms with Gasteiger partial charge in [-0.3, -0.25) is 10.1 Å². The molecule has 0 radical (unpaired) electrons. The average molecular weight is 236 g/mol. The van der Waals surface area contributed by atoms with Crippen LogP contribution in [0.5, 0.6) is 5.75 Å². The molecule has 88 valence electrons. The molecule has 0 heterocycles. The van der Waals surface area contributed by atoms with Gasteiger partial charge in [0, 0.05) is 12.1 Å². The van der Waals surface area contributed by atoms with Gasteiger partial charge in [-0.25, -0.2) is 0 Å². The Morgan fingerprint density at radius 1 is 1.44 bits per heavy atom. The third-order valence-corrected chi connectivity index (χ3v) is 1.60. The van der Waals surface area contributed by atoms with E-state index in [9.17, 15) is 23.3 Å². The van der Waals surface area contributed by atoms with Crippen molar-refractivity contribution >= 4 is 11.4 Å². The van der Waals surface area contributed by atoms with Crippen LogP contribution in [0, 0.1) is 10.1 Å². The molecule has 0 aromatic heterocycles. The van der Waals surface area contributed by atoms with Gasteiger partial charge in [-0.05, 0) is 6.07 Å². The minimum atomic E-state index is -4.46. The number of nitrogen functional groups attached to an aromatic ring is 1. The number of alkyl halides is 3. The fourth-order valence-corrected chi connectivity index (χ4v) is 0.954. The topological polar surface area (TPSA) is 78.4 Å². The number of anilines is 1. The first-order valence-electron chi connectivity index (χ1n) is 4.03. The van der Waals surface area contributed by atoms with Gasteiger partial charge in [-0.15, -0.1) is 0 Å². The van der Waals surface area contributed by atoms with Gasteiger partial charge in [0.1, 0.15) is 11.4 Å². The third-order valence-electron chi connectivity index (χ3n) is 1.60. The van der Waals surface area contributed by atoms with E-state index in [1.807, 2.05) is 0 Å². The summed E-state index contributed by atoms with van der Waals surface area (Å²) in [4.78, 5) is 9.62. The van der Waals surface area contributed by atoms with Crippen LogP contribution >= 0.6 is 0 Å². The average Bonchev–Trinajstić information content (AvgIpc) is 2.13. The summed E-state index contributed by atoms with van der Waals surface area (Å²) in [6, 6.07) is 3.02. The molecule has 0 atom stereocenters. The molecule has 0 saturated heterocycles. The molecule has 0 aliphatic rings. The Balaban J connectivity index is 2.78. The Kier molecular flexibility index (Phi) is 3.21. The zero-order valence-corrected chi connectivity index (χ0v) is 7.82. The van der Waals surface area contributed by atoms with Crippen LogP contribution in [0.2, 0.25) is 0 Å². The molecule has 0 aliphatic carbocycles. The van der Waals surface area contributed by atoms with Crippen molar-refractivity contribution < 1.29 is 22.8 Å². The van der Waals surface area contributed by atoms with Crippen LogP contribution in [-0.4, -0.2) is 17.7 Å². The molecule has 1 aromatic rings. The number of halogens is 3. The zero-order chi connectivity index (χ0) is 12.3. The highest BCUT2D eigenvalue weighted by Crippen LogP contribution is 2.27. The second kappa shape index (κ2) is 4.25. The van der Waals surface area contributed by atoms with E-state index in [4.69, 9.17) is 5.73 Å².